The van der Waals surface area contributed by atoms with Gasteiger partial charge < -0.3 is 14.2 Å². The summed E-state index contributed by atoms with van der Waals surface area (Å²) in [7, 11) is 0. The van der Waals surface area contributed by atoms with Gasteiger partial charge in [0.2, 0.25) is 0 Å². The monoisotopic (exact) mass is 1110 g/mol. The van der Waals surface area contributed by atoms with Crippen molar-refractivity contribution in [3.8, 4) is 0 Å². The number of hydrogen-bond donors (Lipinski definition) is 0. The first-order valence-electron chi connectivity index (χ1n) is 33.9. The Morgan fingerprint density at radius 3 is 0.762 bits per heavy atom. The van der Waals surface area contributed by atoms with E-state index in [2.05, 4.69) is 130 Å². The maximum atomic E-state index is 12.9. The zero-order chi connectivity index (χ0) is 57.8. The van der Waals surface area contributed by atoms with Gasteiger partial charge in [-0.2, -0.15) is 0 Å². The third-order valence-corrected chi connectivity index (χ3v) is 14.5. The van der Waals surface area contributed by atoms with Crippen LogP contribution < -0.4 is 0 Å². The Bertz CT molecular complexity index is 1610. The van der Waals surface area contributed by atoms with Crippen LogP contribution in [0.15, 0.2) is 109 Å². The highest BCUT2D eigenvalue weighted by atomic mass is 16.6. The maximum Gasteiger partial charge on any atom is 0.306 e. The van der Waals surface area contributed by atoms with Crippen LogP contribution in [0.5, 0.6) is 0 Å². The molecule has 0 aliphatic heterocycles. The Morgan fingerprint density at radius 2 is 0.487 bits per heavy atom. The van der Waals surface area contributed by atoms with E-state index in [1.54, 1.807) is 0 Å². The summed E-state index contributed by atoms with van der Waals surface area (Å²) in [4.78, 5) is 38.1. The van der Waals surface area contributed by atoms with Crippen LogP contribution in [0.3, 0.4) is 0 Å². The fourth-order valence-corrected chi connectivity index (χ4v) is 9.45. The van der Waals surface area contributed by atoms with E-state index in [1.807, 2.05) is 0 Å². The van der Waals surface area contributed by atoms with E-state index in [9.17, 15) is 14.4 Å². The topological polar surface area (TPSA) is 78.9 Å². The number of allylic oxidation sites excluding steroid dienone is 18. The van der Waals surface area contributed by atoms with Crippen molar-refractivity contribution in [2.45, 2.75) is 329 Å². The summed E-state index contributed by atoms with van der Waals surface area (Å²) >= 11 is 0. The molecule has 0 N–H and O–H groups in total. The molecule has 0 aliphatic carbocycles. The van der Waals surface area contributed by atoms with E-state index in [1.165, 1.54) is 161 Å². The highest BCUT2D eigenvalue weighted by Crippen LogP contribution is 2.17. The normalized spacial score (nSPS) is 12.8. The van der Waals surface area contributed by atoms with E-state index in [0.29, 0.717) is 19.3 Å². The van der Waals surface area contributed by atoms with E-state index in [0.717, 1.165) is 122 Å². The summed E-state index contributed by atoms with van der Waals surface area (Å²) in [5.41, 5.74) is 0. The molecule has 6 heteroatoms. The predicted molar refractivity (Wildman–Crippen MR) is 348 cm³/mol. The van der Waals surface area contributed by atoms with Crippen LogP contribution >= 0.6 is 0 Å². The molecular weight excluding hydrogens is 985 g/mol. The summed E-state index contributed by atoms with van der Waals surface area (Å²) in [6.07, 6.45) is 92.9. The van der Waals surface area contributed by atoms with Gasteiger partial charge in [-0.15, -0.1) is 0 Å². The molecule has 0 saturated carbocycles. The molecule has 0 fully saturated rings. The van der Waals surface area contributed by atoms with Crippen molar-refractivity contribution in [3.05, 3.63) is 109 Å². The number of carbonyl (C=O) groups excluding carboxylic acids is 3. The van der Waals surface area contributed by atoms with Gasteiger partial charge in [0, 0.05) is 19.3 Å². The molecule has 0 rings (SSSR count). The zero-order valence-electron chi connectivity index (χ0n) is 52.6. The molecule has 0 aromatic rings. The highest BCUT2D eigenvalue weighted by Gasteiger charge is 2.19. The quantitative estimate of drug-likeness (QED) is 0.0261. The molecule has 458 valence electrons. The number of unbranched alkanes of at least 4 members (excludes halogenated alkanes) is 32. The molecule has 0 aliphatic rings. The van der Waals surface area contributed by atoms with Crippen molar-refractivity contribution in [1.82, 2.24) is 0 Å². The molecule has 80 heavy (non-hydrogen) atoms. The smallest absolute Gasteiger partial charge is 0.306 e. The predicted octanol–water partition coefficient (Wildman–Crippen LogP) is 23.4. The molecule has 6 nitrogen and oxygen atoms in total. The molecule has 0 aromatic heterocycles. The van der Waals surface area contributed by atoms with E-state index in [4.69, 9.17) is 14.2 Å². The maximum absolute atomic E-state index is 12.9. The van der Waals surface area contributed by atoms with Gasteiger partial charge >= 0.3 is 17.9 Å². The molecular formula is C74H126O6. The number of hydrogen-bond acceptors (Lipinski definition) is 6. The molecule has 0 radical (unpaired) electrons. The van der Waals surface area contributed by atoms with Gasteiger partial charge in [0.25, 0.3) is 0 Å². The van der Waals surface area contributed by atoms with Crippen molar-refractivity contribution in [1.29, 1.82) is 0 Å². The van der Waals surface area contributed by atoms with Crippen molar-refractivity contribution < 1.29 is 28.6 Å². The Morgan fingerprint density at radius 1 is 0.263 bits per heavy atom. The number of esters is 3. The van der Waals surface area contributed by atoms with Gasteiger partial charge in [0.15, 0.2) is 6.10 Å². The molecule has 0 saturated heterocycles. The van der Waals surface area contributed by atoms with Gasteiger partial charge in [0.05, 0.1) is 0 Å². The molecule has 1 unspecified atom stereocenters. The molecule has 0 amide bonds. The Labute approximate surface area is 495 Å². The summed E-state index contributed by atoms with van der Waals surface area (Å²) < 4.78 is 16.8. The summed E-state index contributed by atoms with van der Waals surface area (Å²) in [6.45, 7) is 6.46. The lowest BCUT2D eigenvalue weighted by molar-refractivity contribution is -0.167. The van der Waals surface area contributed by atoms with Crippen LogP contribution in [0.1, 0.15) is 323 Å². The number of carbonyl (C=O) groups is 3. The lowest BCUT2D eigenvalue weighted by Crippen LogP contribution is -2.30. The van der Waals surface area contributed by atoms with Crippen molar-refractivity contribution in [2.24, 2.45) is 0 Å². The van der Waals surface area contributed by atoms with Crippen LogP contribution in [0.2, 0.25) is 0 Å². The molecule has 0 aromatic carbocycles. The average molecular weight is 1110 g/mol. The third-order valence-electron chi connectivity index (χ3n) is 14.5. The Balaban J connectivity index is 4.08. The van der Waals surface area contributed by atoms with Crippen molar-refractivity contribution in [2.75, 3.05) is 13.2 Å². The lowest BCUT2D eigenvalue weighted by atomic mass is 10.0. The molecule has 1 atom stereocenters. The fourth-order valence-electron chi connectivity index (χ4n) is 9.45. The summed E-state index contributed by atoms with van der Waals surface area (Å²) in [6, 6.07) is 0. The minimum Gasteiger partial charge on any atom is -0.462 e. The second-order valence-corrected chi connectivity index (χ2v) is 22.4. The zero-order valence-corrected chi connectivity index (χ0v) is 52.6. The number of ether oxygens (including phenoxy) is 3. The Hall–Kier alpha value is -3.93. The Kier molecular flexibility index (Phi) is 64.3. The van der Waals surface area contributed by atoms with Crippen molar-refractivity contribution >= 4 is 17.9 Å². The van der Waals surface area contributed by atoms with Crippen LogP contribution in [0, 0.1) is 0 Å². The van der Waals surface area contributed by atoms with Crippen LogP contribution in [0.25, 0.3) is 0 Å². The minimum absolute atomic E-state index is 0.0829. The van der Waals surface area contributed by atoms with Gasteiger partial charge in [-0.3, -0.25) is 14.4 Å². The first-order valence-corrected chi connectivity index (χ1v) is 33.9. The molecule has 0 spiro atoms. The van der Waals surface area contributed by atoms with Gasteiger partial charge in [-0.25, -0.2) is 0 Å². The first kappa shape index (κ1) is 76.1. The summed E-state index contributed by atoms with van der Waals surface area (Å²) in [5, 5.41) is 0. The average Bonchev–Trinajstić information content (AvgIpc) is 3.46. The van der Waals surface area contributed by atoms with E-state index < -0.39 is 6.10 Å². The van der Waals surface area contributed by atoms with Gasteiger partial charge in [-0.05, 0) is 109 Å². The standard InChI is InChI=1S/C74H126O6/c1-4-7-10-13-16-18-20-22-24-26-28-30-32-34-35-36-37-38-39-41-42-44-46-48-50-52-54-56-58-61-64-67-73(76)79-70-71(69-78-72(75)66-63-60-15-12-9-6-3)80-74(77)68-65-62-59-57-55-53-51-49-47-45-43-40-33-31-29-27-25-23-21-19-17-14-11-8-5-2/h8,11,17,19-20,22-23,25-26,28-29,31-32,34,40,43,47,49,71H,4-7,9-10,12-16,18,21,24,27,30,33,35-39,41-42,44-46,48,50-70H2,1-3H3/b11-8-,19-17-,22-20-,25-23-,28-26-,31-29-,34-32-,43-40-,49-47-. The van der Waals surface area contributed by atoms with E-state index >= 15 is 0 Å². The third kappa shape index (κ3) is 64.9. The number of rotatable bonds is 61. The first-order chi connectivity index (χ1) is 39.5. The minimum atomic E-state index is -0.785. The van der Waals surface area contributed by atoms with E-state index in [-0.39, 0.29) is 31.1 Å². The van der Waals surface area contributed by atoms with Crippen LogP contribution in [-0.4, -0.2) is 37.2 Å². The fraction of sp³-hybridized carbons (Fsp3) is 0.716. The molecule has 0 bridgehead atoms. The largest absolute Gasteiger partial charge is 0.462 e. The second-order valence-electron chi connectivity index (χ2n) is 22.4. The lowest BCUT2D eigenvalue weighted by Gasteiger charge is -2.18. The molecule has 0 heterocycles. The van der Waals surface area contributed by atoms with Gasteiger partial charge in [-0.1, -0.05) is 304 Å². The summed E-state index contributed by atoms with van der Waals surface area (Å²) in [5.74, 6) is -0.899. The van der Waals surface area contributed by atoms with Crippen LogP contribution in [-0.2, 0) is 28.6 Å². The second kappa shape index (κ2) is 67.6. The van der Waals surface area contributed by atoms with Gasteiger partial charge in [0.1, 0.15) is 13.2 Å². The van der Waals surface area contributed by atoms with Crippen molar-refractivity contribution in [3.63, 3.8) is 0 Å². The highest BCUT2D eigenvalue weighted by molar-refractivity contribution is 5.71. The van der Waals surface area contributed by atoms with Crippen LogP contribution in [0.4, 0.5) is 0 Å². The SMILES string of the molecule is CC/C=C\C/C=C\C/C=C\C/C=C\C/C=C\C/C=C\CCCCCCCCC(=O)OC(COC(=O)CCCCCCCC)COC(=O)CCCCCCCCCCCCCCCCCC/C=C\C/C=C\C/C=C\CCCCCCC.